The van der Waals surface area contributed by atoms with Crippen LogP contribution in [0.5, 0.6) is 5.88 Å². The van der Waals surface area contributed by atoms with Crippen LogP contribution in [0.2, 0.25) is 0 Å². The lowest BCUT2D eigenvalue weighted by molar-refractivity contribution is 0.218. The molecule has 1 aromatic carbocycles. The highest BCUT2D eigenvalue weighted by Gasteiger charge is 2.28. The zero-order chi connectivity index (χ0) is 21.0. The van der Waals surface area contributed by atoms with Crippen molar-refractivity contribution in [3.05, 3.63) is 41.5 Å². The van der Waals surface area contributed by atoms with Crippen LogP contribution in [-0.2, 0) is 16.0 Å². The first-order chi connectivity index (χ1) is 13.8. The van der Waals surface area contributed by atoms with E-state index in [2.05, 4.69) is 14.7 Å². The molecule has 1 fully saturated rings. The third-order valence-electron chi connectivity index (χ3n) is 4.11. The Hall–Kier alpha value is -2.02. The zero-order valence-electron chi connectivity index (χ0n) is 15.6. The van der Waals surface area contributed by atoms with Gasteiger partial charge in [0.05, 0.1) is 0 Å². The van der Waals surface area contributed by atoms with Gasteiger partial charge >= 0.3 is 10.2 Å². The number of nitrogens with two attached hydrogens (primary N) is 1. The van der Waals surface area contributed by atoms with Crippen molar-refractivity contribution in [1.82, 2.24) is 14.3 Å². The van der Waals surface area contributed by atoms with E-state index < -0.39 is 21.8 Å². The van der Waals surface area contributed by atoms with Gasteiger partial charge in [-0.3, -0.25) is 4.72 Å². The maximum Gasteiger partial charge on any atom is 0.302 e. The number of ether oxygens (including phenoxy) is 1. The summed E-state index contributed by atoms with van der Waals surface area (Å²) in [6.45, 7) is 2.85. The Kier molecular flexibility index (Phi) is 6.88. The van der Waals surface area contributed by atoms with E-state index in [-0.39, 0.29) is 40.8 Å². The molecule has 0 amide bonds. The number of anilines is 1. The predicted octanol–water partition coefficient (Wildman–Crippen LogP) is 2.14. The van der Waals surface area contributed by atoms with Crippen molar-refractivity contribution < 1.29 is 21.9 Å². The average Bonchev–Trinajstić information content (AvgIpc) is 2.60. The summed E-state index contributed by atoms with van der Waals surface area (Å²) in [5.41, 5.74) is 5.70. The van der Waals surface area contributed by atoms with Crippen LogP contribution in [0.15, 0.2) is 29.4 Å². The monoisotopic (exact) mass is 445 g/mol. The van der Waals surface area contributed by atoms with Gasteiger partial charge in [0.1, 0.15) is 11.9 Å². The normalized spacial score (nSPS) is 15.6. The van der Waals surface area contributed by atoms with Crippen molar-refractivity contribution in [2.24, 2.45) is 5.73 Å². The van der Waals surface area contributed by atoms with Crippen molar-refractivity contribution in [1.29, 1.82) is 0 Å². The topological polar surface area (TPSA) is 110 Å². The minimum atomic E-state index is -3.73. The van der Waals surface area contributed by atoms with E-state index in [1.165, 1.54) is 22.5 Å². The number of aromatic nitrogens is 2. The van der Waals surface area contributed by atoms with Crippen LogP contribution in [0.25, 0.3) is 0 Å². The summed E-state index contributed by atoms with van der Waals surface area (Å²) in [4.78, 5) is 8.37. The summed E-state index contributed by atoms with van der Waals surface area (Å²) in [5.74, 6) is -1.68. The zero-order valence-corrected chi connectivity index (χ0v) is 17.3. The first-order valence-corrected chi connectivity index (χ1v) is 11.3. The molecular weight excluding hydrogens is 424 g/mol. The lowest BCUT2D eigenvalue weighted by Crippen LogP contribution is -2.45. The number of rotatable bonds is 9. The van der Waals surface area contributed by atoms with Gasteiger partial charge in [-0.15, -0.1) is 0 Å². The van der Waals surface area contributed by atoms with Crippen molar-refractivity contribution in [3.8, 4) is 5.88 Å². The lowest BCUT2D eigenvalue weighted by atomic mass is 10.2. The average molecular weight is 446 g/mol. The summed E-state index contributed by atoms with van der Waals surface area (Å²) in [5, 5.41) is 0.150. The number of thioether (sulfide) groups is 1. The quantitative estimate of drug-likeness (QED) is 0.449. The van der Waals surface area contributed by atoms with Gasteiger partial charge in [0, 0.05) is 37.0 Å². The summed E-state index contributed by atoms with van der Waals surface area (Å²) in [7, 11) is -3.73. The van der Waals surface area contributed by atoms with Crippen LogP contribution in [0.1, 0.15) is 18.9 Å². The fourth-order valence-corrected chi connectivity index (χ4v) is 4.42. The Morgan fingerprint density at radius 3 is 2.76 bits per heavy atom. The fraction of sp³-hybridized carbons (Fsp3) is 0.412. The highest BCUT2D eigenvalue weighted by molar-refractivity contribution is 7.98. The van der Waals surface area contributed by atoms with Gasteiger partial charge in [-0.25, -0.2) is 13.8 Å². The number of hydrogen-bond acceptors (Lipinski definition) is 7. The van der Waals surface area contributed by atoms with Gasteiger partial charge in [0.25, 0.3) is 0 Å². The third kappa shape index (κ3) is 5.53. The largest absolute Gasteiger partial charge is 0.473 e. The van der Waals surface area contributed by atoms with Crippen LogP contribution in [0.4, 0.5) is 14.6 Å². The number of benzene rings is 1. The van der Waals surface area contributed by atoms with Crippen LogP contribution in [-0.4, -0.2) is 48.4 Å². The molecule has 29 heavy (non-hydrogen) atoms. The Morgan fingerprint density at radius 2 is 2.10 bits per heavy atom. The second kappa shape index (κ2) is 9.20. The Morgan fingerprint density at radius 1 is 1.34 bits per heavy atom. The van der Waals surface area contributed by atoms with Gasteiger partial charge in [-0.05, 0) is 19.4 Å². The highest BCUT2D eigenvalue weighted by Crippen LogP contribution is 2.27. The molecule has 0 bridgehead atoms. The molecule has 0 saturated carbocycles. The van der Waals surface area contributed by atoms with Gasteiger partial charge in [-0.1, -0.05) is 23.9 Å². The SMILES string of the molecule is CC(CN)Oc1cc(NS(=O)(=O)N2CCC2)nc(SCc2cccc(F)c2F)n1. The number of hydrogen-bond donors (Lipinski definition) is 2. The number of halogens is 2. The Balaban J connectivity index is 1.82. The second-order valence-corrected chi connectivity index (χ2v) is 9.01. The molecule has 1 saturated heterocycles. The van der Waals surface area contributed by atoms with E-state index in [1.807, 2.05) is 0 Å². The summed E-state index contributed by atoms with van der Waals surface area (Å²) < 4.78 is 61.2. The smallest absolute Gasteiger partial charge is 0.302 e. The molecule has 0 radical (unpaired) electrons. The molecule has 1 aromatic heterocycles. The highest BCUT2D eigenvalue weighted by atomic mass is 32.2. The van der Waals surface area contributed by atoms with Gasteiger partial charge < -0.3 is 10.5 Å². The van der Waals surface area contributed by atoms with Crippen molar-refractivity contribution >= 4 is 27.8 Å². The molecule has 1 aliphatic rings. The fourth-order valence-electron chi connectivity index (χ4n) is 2.36. The summed E-state index contributed by atoms with van der Waals surface area (Å²) >= 11 is 1.02. The van der Waals surface area contributed by atoms with E-state index in [0.29, 0.717) is 13.1 Å². The molecule has 2 aromatic rings. The minimum absolute atomic E-state index is 0.0216. The molecule has 2 heterocycles. The first kappa shape index (κ1) is 21.7. The molecule has 3 rings (SSSR count). The predicted molar refractivity (Wildman–Crippen MR) is 106 cm³/mol. The number of nitrogens with zero attached hydrogens (tertiary/aromatic N) is 3. The van der Waals surface area contributed by atoms with Crippen LogP contribution in [0, 0.1) is 11.6 Å². The van der Waals surface area contributed by atoms with E-state index in [9.17, 15) is 17.2 Å². The molecule has 1 atom stereocenters. The van der Waals surface area contributed by atoms with Gasteiger partial charge in [-0.2, -0.15) is 17.7 Å². The molecule has 1 unspecified atom stereocenters. The Bertz CT molecular complexity index is 974. The maximum absolute atomic E-state index is 13.9. The van der Waals surface area contributed by atoms with Gasteiger partial charge in [0.2, 0.25) is 5.88 Å². The van der Waals surface area contributed by atoms with Crippen molar-refractivity contribution in [2.75, 3.05) is 24.4 Å². The van der Waals surface area contributed by atoms with Crippen LogP contribution < -0.4 is 15.2 Å². The molecule has 12 heteroatoms. The summed E-state index contributed by atoms with van der Waals surface area (Å²) in [6, 6.07) is 5.25. The molecule has 1 aliphatic heterocycles. The van der Waals surface area contributed by atoms with Crippen molar-refractivity contribution in [2.45, 2.75) is 30.4 Å². The van der Waals surface area contributed by atoms with E-state index in [1.54, 1.807) is 6.92 Å². The molecule has 0 aliphatic carbocycles. The molecule has 158 valence electrons. The minimum Gasteiger partial charge on any atom is -0.473 e. The number of nitrogens with one attached hydrogen (secondary N) is 1. The standard InChI is InChI=1S/C17H21F2N5O3S2/c1-11(9-20)27-15-8-14(23-29(25,26)24-6-3-7-24)21-17(22-15)28-10-12-4-2-5-13(18)16(12)19/h2,4-5,8,11H,3,6-7,9-10,20H2,1H3,(H,21,22,23). The second-order valence-electron chi connectivity index (χ2n) is 6.40. The van der Waals surface area contributed by atoms with Crippen LogP contribution >= 0.6 is 11.8 Å². The molecule has 8 nitrogen and oxygen atoms in total. The van der Waals surface area contributed by atoms with Gasteiger partial charge in [0.15, 0.2) is 16.8 Å². The van der Waals surface area contributed by atoms with Crippen molar-refractivity contribution in [3.63, 3.8) is 0 Å². The van der Waals surface area contributed by atoms with E-state index in [0.717, 1.165) is 24.2 Å². The van der Waals surface area contributed by atoms with E-state index in [4.69, 9.17) is 10.5 Å². The third-order valence-corrected chi connectivity index (χ3v) is 6.52. The molecule has 3 N–H and O–H groups in total. The van der Waals surface area contributed by atoms with E-state index >= 15 is 0 Å². The lowest BCUT2D eigenvalue weighted by Gasteiger charge is -2.29. The molecule has 0 spiro atoms. The summed E-state index contributed by atoms with van der Waals surface area (Å²) in [6.07, 6.45) is 0.441. The van der Waals surface area contributed by atoms with Crippen LogP contribution in [0.3, 0.4) is 0 Å². The molecular formula is C17H21F2N5O3S2. The first-order valence-electron chi connectivity index (χ1n) is 8.88. The Labute approximate surface area is 172 Å². The maximum atomic E-state index is 13.9.